The minimum absolute atomic E-state index is 0. The van der Waals surface area contributed by atoms with Gasteiger partial charge in [-0.25, -0.2) is 4.39 Å². The van der Waals surface area contributed by atoms with E-state index in [2.05, 4.69) is 15.5 Å². The predicted octanol–water partition coefficient (Wildman–Crippen LogP) is 0.829. The Hall–Kier alpha value is -1.57. The summed E-state index contributed by atoms with van der Waals surface area (Å²) in [4.78, 5) is 24.9. The number of hydrogen-bond acceptors (Lipinski definition) is 4. The summed E-state index contributed by atoms with van der Waals surface area (Å²) in [6, 6.07) is 6.42. The molecule has 1 fully saturated rings. The Kier molecular flexibility index (Phi) is 10.3. The second-order valence-corrected chi connectivity index (χ2v) is 5.31. The molecule has 1 aliphatic heterocycles. The molecule has 0 saturated carbocycles. The predicted molar refractivity (Wildman–Crippen MR) is 96.3 cm³/mol. The van der Waals surface area contributed by atoms with Crippen LogP contribution in [0.2, 0.25) is 0 Å². The third kappa shape index (κ3) is 6.90. The summed E-state index contributed by atoms with van der Waals surface area (Å²) in [7, 11) is 0. The van der Waals surface area contributed by atoms with Crippen molar-refractivity contribution >= 4 is 42.3 Å². The van der Waals surface area contributed by atoms with Gasteiger partial charge < -0.3 is 21.3 Å². The monoisotopic (exact) mass is 380 g/mol. The number of hydrogen-bond donors (Lipinski definition) is 3. The second-order valence-electron chi connectivity index (χ2n) is 5.31. The summed E-state index contributed by atoms with van der Waals surface area (Å²) < 4.78 is 13.3. The molecular weight excluding hydrogens is 358 g/mol. The Morgan fingerprint density at radius 1 is 1.29 bits per heavy atom. The third-order valence-electron chi connectivity index (χ3n) is 3.59. The maximum Gasteiger partial charge on any atom is 0.239 e. The molecule has 1 unspecified atom stereocenters. The van der Waals surface area contributed by atoms with Crippen LogP contribution in [0, 0.1) is 5.82 Å². The maximum atomic E-state index is 13.3. The smallest absolute Gasteiger partial charge is 0.239 e. The van der Waals surface area contributed by atoms with Gasteiger partial charge in [-0.05, 0) is 31.0 Å². The SMILES string of the molecule is Cl.Cl.NCC(=O)NCC(=O)NC1CCCN(c2cccc(F)c2)C1. The van der Waals surface area contributed by atoms with E-state index in [1.807, 2.05) is 6.07 Å². The number of benzene rings is 1. The number of amides is 2. The first kappa shape index (κ1) is 22.4. The standard InChI is InChI=1S/C15H21FN4O2.2ClH/c16-11-3-1-5-13(7-11)20-6-2-4-12(10-20)19-15(22)9-18-14(21)8-17;;/h1,3,5,7,12H,2,4,6,8-10,17H2,(H,18,21)(H,19,22);2*1H. The van der Waals surface area contributed by atoms with Crippen molar-refractivity contribution in [3.05, 3.63) is 30.1 Å². The van der Waals surface area contributed by atoms with E-state index in [9.17, 15) is 14.0 Å². The molecule has 9 heteroatoms. The van der Waals surface area contributed by atoms with E-state index in [1.54, 1.807) is 6.07 Å². The highest BCUT2D eigenvalue weighted by atomic mass is 35.5. The van der Waals surface area contributed by atoms with Crippen molar-refractivity contribution in [1.82, 2.24) is 10.6 Å². The van der Waals surface area contributed by atoms with Crippen LogP contribution in [-0.2, 0) is 9.59 Å². The van der Waals surface area contributed by atoms with E-state index < -0.39 is 0 Å². The van der Waals surface area contributed by atoms with Gasteiger partial charge in [-0.15, -0.1) is 24.8 Å². The molecule has 24 heavy (non-hydrogen) atoms. The molecule has 4 N–H and O–H groups in total. The van der Waals surface area contributed by atoms with Crippen LogP contribution in [0.15, 0.2) is 24.3 Å². The zero-order valence-electron chi connectivity index (χ0n) is 13.2. The zero-order valence-corrected chi connectivity index (χ0v) is 14.8. The van der Waals surface area contributed by atoms with Gasteiger partial charge in [0.2, 0.25) is 11.8 Å². The number of piperidine rings is 1. The molecule has 136 valence electrons. The van der Waals surface area contributed by atoms with Crippen molar-refractivity contribution in [1.29, 1.82) is 0 Å². The number of carbonyl (C=O) groups is 2. The van der Waals surface area contributed by atoms with Crippen molar-refractivity contribution in [2.75, 3.05) is 31.1 Å². The number of rotatable bonds is 5. The van der Waals surface area contributed by atoms with Crippen molar-refractivity contribution in [3.63, 3.8) is 0 Å². The number of halogens is 3. The fourth-order valence-electron chi connectivity index (χ4n) is 2.53. The lowest BCUT2D eigenvalue weighted by molar-refractivity contribution is -0.125. The molecule has 2 rings (SSSR count). The number of carbonyl (C=O) groups excluding carboxylic acids is 2. The Labute approximate surface area is 153 Å². The molecule has 0 radical (unpaired) electrons. The number of nitrogens with one attached hydrogen (secondary N) is 2. The lowest BCUT2D eigenvalue weighted by Crippen LogP contribution is -2.50. The van der Waals surface area contributed by atoms with Crippen molar-refractivity contribution in [2.24, 2.45) is 5.73 Å². The van der Waals surface area contributed by atoms with E-state index in [0.29, 0.717) is 6.54 Å². The van der Waals surface area contributed by atoms with E-state index in [4.69, 9.17) is 5.73 Å². The summed E-state index contributed by atoms with van der Waals surface area (Å²) in [6.45, 7) is 1.25. The Morgan fingerprint density at radius 2 is 2.04 bits per heavy atom. The average Bonchev–Trinajstić information content (AvgIpc) is 2.53. The lowest BCUT2D eigenvalue weighted by atomic mass is 10.0. The van der Waals surface area contributed by atoms with Crippen molar-refractivity contribution < 1.29 is 14.0 Å². The minimum Gasteiger partial charge on any atom is -0.369 e. The third-order valence-corrected chi connectivity index (χ3v) is 3.59. The van der Waals surface area contributed by atoms with E-state index in [1.165, 1.54) is 12.1 Å². The molecule has 1 atom stereocenters. The Bertz CT molecular complexity index is 548. The summed E-state index contributed by atoms with van der Waals surface area (Å²) in [5.41, 5.74) is 5.97. The van der Waals surface area contributed by atoms with Crippen molar-refractivity contribution in [3.8, 4) is 0 Å². The van der Waals surface area contributed by atoms with Crippen LogP contribution in [0.4, 0.5) is 10.1 Å². The van der Waals surface area contributed by atoms with E-state index in [0.717, 1.165) is 25.1 Å². The molecule has 0 spiro atoms. The number of nitrogens with zero attached hydrogens (tertiary/aromatic N) is 1. The zero-order chi connectivity index (χ0) is 15.9. The van der Waals surface area contributed by atoms with Crippen LogP contribution in [0.25, 0.3) is 0 Å². The van der Waals surface area contributed by atoms with E-state index >= 15 is 0 Å². The van der Waals surface area contributed by atoms with Gasteiger partial charge in [0, 0.05) is 24.8 Å². The van der Waals surface area contributed by atoms with Crippen LogP contribution >= 0.6 is 24.8 Å². The molecule has 1 aliphatic rings. The van der Waals surface area contributed by atoms with Gasteiger partial charge in [-0.1, -0.05) is 6.07 Å². The van der Waals surface area contributed by atoms with Crippen LogP contribution in [-0.4, -0.2) is 44.0 Å². The second kappa shape index (κ2) is 11.1. The molecule has 6 nitrogen and oxygen atoms in total. The van der Waals surface area contributed by atoms with Gasteiger partial charge in [-0.3, -0.25) is 9.59 Å². The molecule has 1 heterocycles. The van der Waals surface area contributed by atoms with Gasteiger partial charge >= 0.3 is 0 Å². The first-order valence-electron chi connectivity index (χ1n) is 7.35. The molecule has 1 aromatic rings. The molecule has 1 saturated heterocycles. The van der Waals surface area contributed by atoms with Gasteiger partial charge in [0.1, 0.15) is 5.82 Å². The summed E-state index contributed by atoms with van der Waals surface area (Å²) in [5, 5.41) is 5.32. The van der Waals surface area contributed by atoms with Gasteiger partial charge in [0.25, 0.3) is 0 Å². The lowest BCUT2D eigenvalue weighted by Gasteiger charge is -2.34. The first-order valence-corrected chi connectivity index (χ1v) is 7.35. The molecule has 0 aliphatic carbocycles. The fourth-order valence-corrected chi connectivity index (χ4v) is 2.53. The highest BCUT2D eigenvalue weighted by molar-refractivity contribution is 5.86. The van der Waals surface area contributed by atoms with Crippen LogP contribution < -0.4 is 21.3 Å². The first-order chi connectivity index (χ1) is 10.6. The van der Waals surface area contributed by atoms with Crippen molar-refractivity contribution in [2.45, 2.75) is 18.9 Å². The molecule has 0 bridgehead atoms. The highest BCUT2D eigenvalue weighted by Crippen LogP contribution is 2.20. The quantitative estimate of drug-likeness (QED) is 0.705. The topological polar surface area (TPSA) is 87.5 Å². The summed E-state index contributed by atoms with van der Waals surface area (Å²) in [5.74, 6) is -0.874. The molecule has 2 amide bonds. The maximum absolute atomic E-state index is 13.3. The Morgan fingerprint density at radius 3 is 2.71 bits per heavy atom. The summed E-state index contributed by atoms with van der Waals surface area (Å²) >= 11 is 0. The molecule has 1 aromatic carbocycles. The fraction of sp³-hybridized carbons (Fsp3) is 0.467. The van der Waals surface area contributed by atoms with Gasteiger partial charge in [-0.2, -0.15) is 0 Å². The average molecular weight is 381 g/mol. The summed E-state index contributed by atoms with van der Waals surface area (Å²) in [6.07, 6.45) is 1.78. The van der Waals surface area contributed by atoms with Crippen LogP contribution in [0.5, 0.6) is 0 Å². The van der Waals surface area contributed by atoms with E-state index in [-0.39, 0.29) is 61.6 Å². The molecule has 0 aromatic heterocycles. The van der Waals surface area contributed by atoms with Gasteiger partial charge in [0.15, 0.2) is 0 Å². The minimum atomic E-state index is -0.361. The Balaban J connectivity index is 0.00000264. The molecular formula is C15H23Cl2FN4O2. The van der Waals surface area contributed by atoms with Crippen LogP contribution in [0.1, 0.15) is 12.8 Å². The number of anilines is 1. The van der Waals surface area contributed by atoms with Crippen LogP contribution in [0.3, 0.4) is 0 Å². The number of nitrogens with two attached hydrogens (primary N) is 1. The van der Waals surface area contributed by atoms with Gasteiger partial charge in [0.05, 0.1) is 13.1 Å². The largest absolute Gasteiger partial charge is 0.369 e. The normalized spacial score (nSPS) is 16.4. The highest BCUT2D eigenvalue weighted by Gasteiger charge is 2.21.